The van der Waals surface area contributed by atoms with E-state index in [0.717, 1.165) is 24.4 Å². The molecule has 21 heavy (non-hydrogen) atoms. The quantitative estimate of drug-likeness (QED) is 0.831. The van der Waals surface area contributed by atoms with Crippen molar-refractivity contribution in [3.8, 4) is 0 Å². The average Bonchev–Trinajstić information content (AvgIpc) is 2.99. The minimum Gasteiger partial charge on any atom is -0.354 e. The predicted molar refractivity (Wildman–Crippen MR) is 81.3 cm³/mol. The summed E-state index contributed by atoms with van der Waals surface area (Å²) in [5, 5.41) is 11.9. The van der Waals surface area contributed by atoms with E-state index < -0.39 is 0 Å². The second kappa shape index (κ2) is 6.76. The van der Waals surface area contributed by atoms with Gasteiger partial charge in [0.05, 0.1) is 16.9 Å². The predicted octanol–water partition coefficient (Wildman–Crippen LogP) is 2.12. The highest BCUT2D eigenvalue weighted by Gasteiger charge is 2.15. The first-order valence-corrected chi connectivity index (χ1v) is 7.33. The summed E-state index contributed by atoms with van der Waals surface area (Å²) in [5.74, 6) is -0.0665. The summed E-state index contributed by atoms with van der Waals surface area (Å²) >= 11 is 5.80. The normalized spacial score (nSPS) is 12.4. The van der Waals surface area contributed by atoms with Crippen LogP contribution in [0.2, 0.25) is 5.02 Å². The molecular weight excluding hydrogens is 290 g/mol. The Morgan fingerprint density at radius 3 is 2.81 bits per heavy atom. The van der Waals surface area contributed by atoms with Crippen molar-refractivity contribution >= 4 is 17.5 Å². The zero-order valence-corrected chi connectivity index (χ0v) is 13.3. The van der Waals surface area contributed by atoms with Crippen LogP contribution in [0.5, 0.6) is 0 Å². The van der Waals surface area contributed by atoms with Gasteiger partial charge in [-0.25, -0.2) is 0 Å². The van der Waals surface area contributed by atoms with Gasteiger partial charge in [0.15, 0.2) is 0 Å². The number of aromatic nitrogens is 4. The number of carbonyl (C=O) groups excluding carboxylic acids is 1. The van der Waals surface area contributed by atoms with Crippen LogP contribution >= 0.6 is 11.6 Å². The third-order valence-electron chi connectivity index (χ3n) is 3.30. The highest BCUT2D eigenvalue weighted by atomic mass is 35.5. The molecule has 2 rings (SSSR count). The van der Waals surface area contributed by atoms with Gasteiger partial charge in [0.25, 0.3) is 0 Å². The van der Waals surface area contributed by atoms with Gasteiger partial charge < -0.3 is 5.32 Å². The van der Waals surface area contributed by atoms with Crippen molar-refractivity contribution in [2.75, 3.05) is 6.54 Å². The van der Waals surface area contributed by atoms with Crippen molar-refractivity contribution in [2.24, 2.45) is 0 Å². The van der Waals surface area contributed by atoms with Crippen LogP contribution in [0.25, 0.3) is 0 Å². The lowest BCUT2D eigenvalue weighted by atomic mass is 10.3. The van der Waals surface area contributed by atoms with Crippen LogP contribution < -0.4 is 5.32 Å². The Labute approximate surface area is 129 Å². The maximum Gasteiger partial charge on any atom is 0.244 e. The second-order valence-electron chi connectivity index (χ2n) is 5.11. The summed E-state index contributed by atoms with van der Waals surface area (Å²) in [4.78, 5) is 12.0. The Hall–Kier alpha value is -1.82. The number of hydrogen-bond donors (Lipinski definition) is 1. The van der Waals surface area contributed by atoms with E-state index in [-0.39, 0.29) is 11.9 Å². The van der Waals surface area contributed by atoms with Gasteiger partial charge in [-0.15, -0.1) is 0 Å². The van der Waals surface area contributed by atoms with Gasteiger partial charge in [0.1, 0.15) is 6.04 Å². The van der Waals surface area contributed by atoms with Gasteiger partial charge in [-0.3, -0.25) is 14.2 Å². The zero-order chi connectivity index (χ0) is 15.4. The Kier molecular flexibility index (Phi) is 5.01. The molecule has 1 N–H and O–H groups in total. The minimum atomic E-state index is -0.369. The van der Waals surface area contributed by atoms with Crippen LogP contribution in [0, 0.1) is 13.8 Å². The standard InChI is InChI=1S/C14H20ClN5O/c1-10-7-11(2)19(18-10)6-4-5-16-14(21)12(3)20-9-13(15)8-17-20/h7-9,12H,4-6H2,1-3H3,(H,16,21). The van der Waals surface area contributed by atoms with E-state index in [1.807, 2.05) is 24.6 Å². The molecule has 0 saturated carbocycles. The highest BCUT2D eigenvalue weighted by Crippen LogP contribution is 2.10. The molecule has 0 radical (unpaired) electrons. The summed E-state index contributed by atoms with van der Waals surface area (Å²) in [5.41, 5.74) is 2.15. The van der Waals surface area contributed by atoms with Gasteiger partial charge in [0.2, 0.25) is 5.91 Å². The number of hydrogen-bond acceptors (Lipinski definition) is 3. The SMILES string of the molecule is Cc1cc(C)n(CCCNC(=O)C(C)n2cc(Cl)cn2)n1. The first-order valence-electron chi connectivity index (χ1n) is 6.96. The van der Waals surface area contributed by atoms with E-state index >= 15 is 0 Å². The summed E-state index contributed by atoms with van der Waals surface area (Å²) < 4.78 is 3.51. The summed E-state index contributed by atoms with van der Waals surface area (Å²) in [7, 11) is 0. The van der Waals surface area contributed by atoms with E-state index in [9.17, 15) is 4.79 Å². The summed E-state index contributed by atoms with van der Waals surface area (Å²) in [6.07, 6.45) is 4.00. The van der Waals surface area contributed by atoms with Crippen LogP contribution in [-0.2, 0) is 11.3 Å². The second-order valence-corrected chi connectivity index (χ2v) is 5.55. The monoisotopic (exact) mass is 309 g/mol. The van der Waals surface area contributed by atoms with Gasteiger partial charge in [-0.1, -0.05) is 11.6 Å². The number of carbonyl (C=O) groups is 1. The van der Waals surface area contributed by atoms with Crippen molar-refractivity contribution in [1.82, 2.24) is 24.9 Å². The molecule has 0 aliphatic carbocycles. The number of rotatable bonds is 6. The Balaban J connectivity index is 1.75. The lowest BCUT2D eigenvalue weighted by Gasteiger charge is -2.12. The molecule has 114 valence electrons. The molecule has 1 atom stereocenters. The molecule has 0 aliphatic rings. The van der Waals surface area contributed by atoms with E-state index in [1.165, 1.54) is 6.20 Å². The van der Waals surface area contributed by atoms with Crippen molar-refractivity contribution in [1.29, 1.82) is 0 Å². The molecule has 2 heterocycles. The van der Waals surface area contributed by atoms with Gasteiger partial charge in [0, 0.05) is 25.0 Å². The molecule has 0 aliphatic heterocycles. The fraction of sp³-hybridized carbons (Fsp3) is 0.500. The lowest BCUT2D eigenvalue weighted by molar-refractivity contribution is -0.124. The smallest absolute Gasteiger partial charge is 0.244 e. The molecule has 7 heteroatoms. The molecule has 0 saturated heterocycles. The van der Waals surface area contributed by atoms with Crippen molar-refractivity contribution in [3.63, 3.8) is 0 Å². The Morgan fingerprint density at radius 1 is 1.48 bits per heavy atom. The van der Waals surface area contributed by atoms with Crippen LogP contribution in [0.3, 0.4) is 0 Å². The number of aryl methyl sites for hydroxylation is 3. The van der Waals surface area contributed by atoms with Crippen LogP contribution in [0.1, 0.15) is 30.8 Å². The fourth-order valence-electron chi connectivity index (χ4n) is 2.14. The summed E-state index contributed by atoms with van der Waals surface area (Å²) in [6.45, 7) is 7.20. The van der Waals surface area contributed by atoms with Crippen LogP contribution in [0.4, 0.5) is 0 Å². The molecule has 2 aromatic heterocycles. The fourth-order valence-corrected chi connectivity index (χ4v) is 2.28. The van der Waals surface area contributed by atoms with Crippen molar-refractivity contribution in [3.05, 3.63) is 34.9 Å². The first-order chi connectivity index (χ1) is 9.97. The molecule has 6 nitrogen and oxygen atoms in total. The largest absolute Gasteiger partial charge is 0.354 e. The van der Waals surface area contributed by atoms with E-state index in [1.54, 1.807) is 17.8 Å². The van der Waals surface area contributed by atoms with Crippen LogP contribution in [0.15, 0.2) is 18.5 Å². The molecule has 0 bridgehead atoms. The summed E-state index contributed by atoms with van der Waals surface area (Å²) in [6, 6.07) is 1.67. The number of halogens is 1. The first kappa shape index (κ1) is 15.6. The molecule has 0 aromatic carbocycles. The van der Waals surface area contributed by atoms with Crippen molar-refractivity contribution in [2.45, 2.75) is 39.8 Å². The lowest BCUT2D eigenvalue weighted by Crippen LogP contribution is -2.32. The Morgan fingerprint density at radius 2 is 2.24 bits per heavy atom. The molecular formula is C14H20ClN5O. The maximum absolute atomic E-state index is 12.0. The third kappa shape index (κ3) is 4.07. The number of amides is 1. The molecule has 2 aromatic rings. The molecule has 1 unspecified atom stereocenters. The van der Waals surface area contributed by atoms with E-state index in [4.69, 9.17) is 11.6 Å². The van der Waals surface area contributed by atoms with Gasteiger partial charge >= 0.3 is 0 Å². The van der Waals surface area contributed by atoms with Gasteiger partial charge in [-0.05, 0) is 33.3 Å². The highest BCUT2D eigenvalue weighted by molar-refractivity contribution is 6.30. The number of nitrogens with zero attached hydrogens (tertiary/aromatic N) is 4. The maximum atomic E-state index is 12.0. The average molecular weight is 310 g/mol. The number of nitrogens with one attached hydrogen (secondary N) is 1. The molecule has 1 amide bonds. The van der Waals surface area contributed by atoms with Crippen molar-refractivity contribution < 1.29 is 4.79 Å². The van der Waals surface area contributed by atoms with Gasteiger partial charge in [-0.2, -0.15) is 10.2 Å². The zero-order valence-electron chi connectivity index (χ0n) is 12.5. The van der Waals surface area contributed by atoms with Crippen LogP contribution in [-0.4, -0.2) is 32.0 Å². The molecule has 0 fully saturated rings. The van der Waals surface area contributed by atoms with E-state index in [0.29, 0.717) is 11.6 Å². The molecule has 0 spiro atoms. The topological polar surface area (TPSA) is 64.7 Å². The minimum absolute atomic E-state index is 0.0665. The Bertz CT molecular complexity index is 619. The van der Waals surface area contributed by atoms with E-state index in [2.05, 4.69) is 15.5 Å². The third-order valence-corrected chi connectivity index (χ3v) is 3.49.